The molecule has 14 nitrogen and oxygen atoms in total. The zero-order valence-corrected chi connectivity index (χ0v) is 16.1. The summed E-state index contributed by atoms with van der Waals surface area (Å²) >= 11 is 0. The first kappa shape index (κ1) is 32.7. The molecule has 14 heteroatoms. The average molecular weight is 412 g/mol. The molecule has 0 amide bonds. The second kappa shape index (κ2) is 20.3. The number of rotatable bonds is 7. The first-order valence-corrected chi connectivity index (χ1v) is 7.78. The smallest absolute Gasteiger partial charge is 0.320 e. The molecule has 0 aromatic carbocycles. The molecule has 14 N–H and O–H groups in total. The fourth-order valence-electron chi connectivity index (χ4n) is 0.669. The van der Waals surface area contributed by atoms with E-state index >= 15 is 0 Å². The maximum Gasteiger partial charge on any atom is 0.320 e. The normalized spacial score (nSPS) is 11.9. The number of nitrogens with one attached hydrogen (secondary N) is 2. The lowest BCUT2D eigenvalue weighted by Gasteiger charge is -2.06. The fourth-order valence-corrected chi connectivity index (χ4v) is 0.669. The topological polar surface area (TPSA) is 289 Å². The van der Waals surface area contributed by atoms with Gasteiger partial charge in [0.1, 0.15) is 18.1 Å². The van der Waals surface area contributed by atoms with E-state index in [1.807, 2.05) is 0 Å². The summed E-state index contributed by atoms with van der Waals surface area (Å²) in [4.78, 5) is 38.4. The van der Waals surface area contributed by atoms with Crippen molar-refractivity contribution in [2.45, 2.75) is 51.7 Å². The van der Waals surface area contributed by atoms with Crippen LogP contribution in [0.2, 0.25) is 0 Å². The number of hydrogen-bond donors (Lipinski definition) is 10. The lowest BCUT2D eigenvalue weighted by molar-refractivity contribution is -0.139. The van der Waals surface area contributed by atoms with Gasteiger partial charge >= 0.3 is 17.9 Å². The van der Waals surface area contributed by atoms with Gasteiger partial charge in [-0.15, -0.1) is 0 Å². The molecule has 3 unspecified atom stereocenters. The Bertz CT molecular complexity index is 462. The predicted octanol–water partition coefficient (Wildman–Crippen LogP) is -2.41. The zero-order valence-electron chi connectivity index (χ0n) is 16.1. The summed E-state index contributed by atoms with van der Waals surface area (Å²) in [5.74, 6) is -3.87. The highest BCUT2D eigenvalue weighted by Crippen LogP contribution is 1.92. The van der Waals surface area contributed by atoms with Crippen molar-refractivity contribution in [3.05, 3.63) is 0 Å². The third kappa shape index (κ3) is 43.5. The molecule has 0 aliphatic rings. The maximum atomic E-state index is 10.2. The van der Waals surface area contributed by atoms with Crippen LogP contribution in [0.1, 0.15) is 33.6 Å². The standard InChI is InChI=1S/C6H14N4O2.2C3H7NO2.C2H4O2/c7-4(5(11)12)2-1-3-10-6(8)9;2*1-2(4)3(5)6;1-2(3)4/h4H,1-3,7H2,(H,11,12)(H4,8,9,10);2*2H,4H2,1H3,(H,5,6);1H3,(H,3,4). The quantitative estimate of drug-likeness (QED) is 0.118. The molecule has 0 aromatic heterocycles. The third-order valence-electron chi connectivity index (χ3n) is 2.10. The van der Waals surface area contributed by atoms with E-state index in [-0.39, 0.29) is 5.96 Å². The number of guanidine groups is 1. The van der Waals surface area contributed by atoms with Crippen molar-refractivity contribution in [2.75, 3.05) is 6.54 Å². The van der Waals surface area contributed by atoms with E-state index in [1.54, 1.807) is 0 Å². The van der Waals surface area contributed by atoms with Gasteiger partial charge < -0.3 is 48.7 Å². The highest BCUT2D eigenvalue weighted by molar-refractivity contribution is 5.74. The Balaban J connectivity index is -0.000000152. The van der Waals surface area contributed by atoms with Crippen LogP contribution in [-0.4, -0.2) is 74.9 Å². The Morgan fingerprint density at radius 2 is 1.18 bits per heavy atom. The zero-order chi connectivity index (χ0) is 23.4. The second-order valence-corrected chi connectivity index (χ2v) is 5.20. The van der Waals surface area contributed by atoms with E-state index < -0.39 is 42.0 Å². The van der Waals surface area contributed by atoms with Crippen LogP contribution in [-0.2, 0) is 19.2 Å². The van der Waals surface area contributed by atoms with Gasteiger partial charge in [0.15, 0.2) is 5.96 Å². The molecule has 0 aliphatic heterocycles. The van der Waals surface area contributed by atoms with Crippen LogP contribution in [0.25, 0.3) is 0 Å². The lowest BCUT2D eigenvalue weighted by Crippen LogP contribution is -2.34. The Hall–Kier alpha value is -2.97. The predicted molar refractivity (Wildman–Crippen MR) is 101 cm³/mol. The first-order valence-electron chi connectivity index (χ1n) is 7.78. The minimum Gasteiger partial charge on any atom is -0.481 e. The van der Waals surface area contributed by atoms with Crippen molar-refractivity contribution < 1.29 is 39.6 Å². The van der Waals surface area contributed by atoms with Crippen LogP contribution in [0.15, 0.2) is 0 Å². The Morgan fingerprint density at radius 3 is 1.36 bits per heavy atom. The van der Waals surface area contributed by atoms with Crippen molar-refractivity contribution in [1.29, 1.82) is 5.41 Å². The molecule has 0 rings (SSSR count). The third-order valence-corrected chi connectivity index (χ3v) is 2.10. The number of carboxylic acid groups (broad SMARTS) is 4. The molecule has 3 atom stereocenters. The molecule has 0 aliphatic carbocycles. The number of carboxylic acids is 4. The highest BCUT2D eigenvalue weighted by atomic mass is 16.4. The molecule has 0 aromatic rings. The number of carbonyl (C=O) groups is 4. The van der Waals surface area contributed by atoms with Gasteiger partial charge in [0.25, 0.3) is 5.97 Å². The molecule has 0 saturated carbocycles. The molecule has 0 saturated heterocycles. The fraction of sp³-hybridized carbons (Fsp3) is 0.643. The van der Waals surface area contributed by atoms with Crippen LogP contribution in [0.4, 0.5) is 0 Å². The molecule has 0 heterocycles. The van der Waals surface area contributed by atoms with Crippen molar-refractivity contribution in [1.82, 2.24) is 5.32 Å². The van der Waals surface area contributed by atoms with Gasteiger partial charge in [-0.25, -0.2) is 0 Å². The van der Waals surface area contributed by atoms with Gasteiger partial charge in [0.05, 0.1) is 0 Å². The molecule has 28 heavy (non-hydrogen) atoms. The monoisotopic (exact) mass is 412 g/mol. The highest BCUT2D eigenvalue weighted by Gasteiger charge is 2.09. The van der Waals surface area contributed by atoms with Crippen LogP contribution in [0.3, 0.4) is 0 Å². The van der Waals surface area contributed by atoms with Crippen LogP contribution in [0.5, 0.6) is 0 Å². The molecule has 0 spiro atoms. The van der Waals surface area contributed by atoms with E-state index in [9.17, 15) is 14.4 Å². The van der Waals surface area contributed by atoms with E-state index in [4.69, 9.17) is 53.6 Å². The van der Waals surface area contributed by atoms with Crippen molar-refractivity contribution >= 4 is 29.8 Å². The van der Waals surface area contributed by atoms with E-state index in [2.05, 4.69) is 5.32 Å². The summed E-state index contributed by atoms with van der Waals surface area (Å²) in [6.45, 7) is 4.40. The molecule has 0 radical (unpaired) electrons. The van der Waals surface area contributed by atoms with Crippen LogP contribution >= 0.6 is 0 Å². The summed E-state index contributed by atoms with van der Waals surface area (Å²) in [5.41, 5.74) is 19.9. The molecule has 166 valence electrons. The Labute approximate surface area is 162 Å². The molecule has 0 fully saturated rings. The SMILES string of the molecule is CC(=O)O.CC(N)C(=O)O.CC(N)C(=O)O.N=C(N)NCCCC(N)C(=O)O. The van der Waals surface area contributed by atoms with E-state index in [0.717, 1.165) is 6.92 Å². The summed E-state index contributed by atoms with van der Waals surface area (Å²) in [5, 5.41) is 40.9. The van der Waals surface area contributed by atoms with Gasteiger partial charge in [-0.2, -0.15) is 0 Å². The van der Waals surface area contributed by atoms with Crippen molar-refractivity contribution in [2.24, 2.45) is 22.9 Å². The first-order chi connectivity index (χ1) is 12.6. The average Bonchev–Trinajstić information content (AvgIpc) is 2.51. The summed E-state index contributed by atoms with van der Waals surface area (Å²) < 4.78 is 0. The van der Waals surface area contributed by atoms with E-state index in [0.29, 0.717) is 19.4 Å². The van der Waals surface area contributed by atoms with Gasteiger partial charge in [-0.1, -0.05) is 0 Å². The number of hydrogen-bond acceptors (Lipinski definition) is 8. The number of nitrogens with two attached hydrogens (primary N) is 4. The second-order valence-electron chi connectivity index (χ2n) is 5.20. The van der Waals surface area contributed by atoms with Crippen molar-refractivity contribution in [3.63, 3.8) is 0 Å². The number of aliphatic carboxylic acids is 4. The van der Waals surface area contributed by atoms with Gasteiger partial charge in [-0.05, 0) is 26.7 Å². The Kier molecular flexibility index (Phi) is 23.7. The lowest BCUT2D eigenvalue weighted by atomic mass is 10.2. The van der Waals surface area contributed by atoms with Crippen molar-refractivity contribution in [3.8, 4) is 0 Å². The largest absolute Gasteiger partial charge is 0.481 e. The maximum absolute atomic E-state index is 10.2. The molecular formula is C14H32N6O8. The summed E-state index contributed by atoms with van der Waals surface area (Å²) in [6.07, 6.45) is 0.975. The Morgan fingerprint density at radius 1 is 0.893 bits per heavy atom. The molecular weight excluding hydrogens is 380 g/mol. The minimum atomic E-state index is -1.00. The van der Waals surface area contributed by atoms with Gasteiger partial charge in [-0.3, -0.25) is 24.6 Å². The van der Waals surface area contributed by atoms with Crippen LogP contribution < -0.4 is 28.3 Å². The van der Waals surface area contributed by atoms with Crippen LogP contribution in [0, 0.1) is 5.41 Å². The minimum absolute atomic E-state index is 0.112. The van der Waals surface area contributed by atoms with Gasteiger partial charge in [0, 0.05) is 13.5 Å². The van der Waals surface area contributed by atoms with Gasteiger partial charge in [0.2, 0.25) is 0 Å². The molecule has 0 bridgehead atoms. The van der Waals surface area contributed by atoms with E-state index in [1.165, 1.54) is 13.8 Å². The summed E-state index contributed by atoms with van der Waals surface area (Å²) in [6, 6.07) is -2.28. The summed E-state index contributed by atoms with van der Waals surface area (Å²) in [7, 11) is 0.